The Morgan fingerprint density at radius 1 is 1.35 bits per heavy atom. The van der Waals surface area contributed by atoms with Crippen LogP contribution in [0.1, 0.15) is 32.8 Å². The van der Waals surface area contributed by atoms with Crippen LogP contribution in [0.4, 0.5) is 0 Å². The van der Waals surface area contributed by atoms with Crippen LogP contribution >= 0.6 is 0 Å². The lowest BCUT2D eigenvalue weighted by Gasteiger charge is -2.27. The van der Waals surface area contributed by atoms with Gasteiger partial charge in [-0.05, 0) is 50.3 Å². The van der Waals surface area contributed by atoms with E-state index in [-0.39, 0.29) is 12.5 Å². The number of carbonyl (C=O) groups is 1. The van der Waals surface area contributed by atoms with E-state index < -0.39 is 11.6 Å². The average molecular weight is 280 g/mol. The fraction of sp³-hybridized carbons (Fsp3) is 0.562. The molecule has 2 unspecified atom stereocenters. The molecule has 0 amide bonds. The molecule has 0 bridgehead atoms. The molecule has 0 fully saturated rings. The van der Waals surface area contributed by atoms with E-state index >= 15 is 0 Å². The van der Waals surface area contributed by atoms with E-state index in [2.05, 4.69) is 0 Å². The zero-order chi connectivity index (χ0) is 15.2. The molecule has 0 saturated heterocycles. The lowest BCUT2D eigenvalue weighted by molar-refractivity contribution is -0.168. The van der Waals surface area contributed by atoms with Gasteiger partial charge in [-0.2, -0.15) is 0 Å². The second kappa shape index (κ2) is 7.29. The lowest BCUT2D eigenvalue weighted by atomic mass is 9.86. The van der Waals surface area contributed by atoms with Crippen molar-refractivity contribution < 1.29 is 19.4 Å². The highest BCUT2D eigenvalue weighted by Gasteiger charge is 2.37. The van der Waals surface area contributed by atoms with Crippen LogP contribution in [0, 0.1) is 5.92 Å². The van der Waals surface area contributed by atoms with Gasteiger partial charge in [0, 0.05) is 0 Å². The predicted molar refractivity (Wildman–Crippen MR) is 77.7 cm³/mol. The molecule has 1 N–H and O–H groups in total. The zero-order valence-corrected chi connectivity index (χ0v) is 12.7. The molecule has 1 rings (SSSR count). The van der Waals surface area contributed by atoms with Gasteiger partial charge in [-0.25, -0.2) is 4.79 Å². The second-order valence-electron chi connectivity index (χ2n) is 5.16. The number of aryl methyl sites for hydroxylation is 1. The molecule has 1 aromatic rings. The molecule has 0 aromatic heterocycles. The molecular weight excluding hydrogens is 256 g/mol. The van der Waals surface area contributed by atoms with E-state index in [4.69, 9.17) is 9.47 Å². The molecule has 20 heavy (non-hydrogen) atoms. The van der Waals surface area contributed by atoms with Gasteiger partial charge in [-0.1, -0.05) is 19.1 Å². The summed E-state index contributed by atoms with van der Waals surface area (Å²) < 4.78 is 10.0. The van der Waals surface area contributed by atoms with Crippen molar-refractivity contribution in [1.82, 2.24) is 0 Å². The third kappa shape index (κ3) is 4.23. The van der Waals surface area contributed by atoms with Gasteiger partial charge in [0.1, 0.15) is 5.75 Å². The van der Waals surface area contributed by atoms with Crippen LogP contribution in [0.3, 0.4) is 0 Å². The third-order valence-corrected chi connectivity index (χ3v) is 3.67. The van der Waals surface area contributed by atoms with E-state index in [9.17, 15) is 9.90 Å². The van der Waals surface area contributed by atoms with Gasteiger partial charge in [0.05, 0.1) is 13.7 Å². The zero-order valence-electron chi connectivity index (χ0n) is 12.7. The first-order chi connectivity index (χ1) is 9.41. The number of hydrogen-bond acceptors (Lipinski definition) is 4. The smallest absolute Gasteiger partial charge is 0.338 e. The minimum atomic E-state index is -1.44. The van der Waals surface area contributed by atoms with E-state index in [1.807, 2.05) is 31.2 Å². The maximum Gasteiger partial charge on any atom is 0.338 e. The number of esters is 1. The summed E-state index contributed by atoms with van der Waals surface area (Å²) in [5.74, 6) is 0.0891. The number of aliphatic hydroxyl groups is 1. The molecular formula is C16H24O4. The van der Waals surface area contributed by atoms with Crippen LogP contribution < -0.4 is 4.74 Å². The summed E-state index contributed by atoms with van der Waals surface area (Å²) in [6.07, 6.45) is 1.50. The Morgan fingerprint density at radius 2 is 1.95 bits per heavy atom. The van der Waals surface area contributed by atoms with Crippen LogP contribution in [-0.4, -0.2) is 30.4 Å². The van der Waals surface area contributed by atoms with Gasteiger partial charge in [-0.3, -0.25) is 0 Å². The summed E-state index contributed by atoms with van der Waals surface area (Å²) in [5, 5.41) is 10.2. The van der Waals surface area contributed by atoms with Crippen molar-refractivity contribution in [2.75, 3.05) is 13.7 Å². The Bertz CT molecular complexity index is 423. The number of rotatable bonds is 7. The van der Waals surface area contributed by atoms with Gasteiger partial charge in [-0.15, -0.1) is 0 Å². The maximum atomic E-state index is 11.7. The molecule has 4 heteroatoms. The molecule has 112 valence electrons. The van der Waals surface area contributed by atoms with Crippen LogP contribution in [0.2, 0.25) is 0 Å². The highest BCUT2D eigenvalue weighted by Crippen LogP contribution is 2.24. The van der Waals surface area contributed by atoms with Crippen LogP contribution in [0.5, 0.6) is 5.75 Å². The number of benzene rings is 1. The standard InChI is InChI=1S/C16H24O4/c1-5-20-15(17)16(3,18)12(2)6-7-13-8-10-14(19-4)11-9-13/h8-12,18H,5-7H2,1-4H3. The minimum Gasteiger partial charge on any atom is -0.497 e. The summed E-state index contributed by atoms with van der Waals surface area (Å²) in [5.41, 5.74) is -0.292. The highest BCUT2D eigenvalue weighted by molar-refractivity contribution is 5.79. The maximum absolute atomic E-state index is 11.7. The van der Waals surface area contributed by atoms with Gasteiger partial charge in [0.2, 0.25) is 0 Å². The Kier molecular flexibility index (Phi) is 6.02. The van der Waals surface area contributed by atoms with Crippen LogP contribution in [-0.2, 0) is 16.0 Å². The van der Waals surface area contributed by atoms with Crippen LogP contribution in [0.15, 0.2) is 24.3 Å². The van der Waals surface area contributed by atoms with Crippen molar-refractivity contribution in [2.45, 2.75) is 39.2 Å². The summed E-state index contributed by atoms with van der Waals surface area (Å²) >= 11 is 0. The fourth-order valence-corrected chi connectivity index (χ4v) is 1.93. The van der Waals surface area contributed by atoms with E-state index in [0.29, 0.717) is 6.42 Å². The van der Waals surface area contributed by atoms with Gasteiger partial charge in [0.25, 0.3) is 0 Å². The first kappa shape index (κ1) is 16.5. The molecule has 2 atom stereocenters. The van der Waals surface area contributed by atoms with Crippen molar-refractivity contribution in [3.05, 3.63) is 29.8 Å². The quantitative estimate of drug-likeness (QED) is 0.780. The molecule has 0 radical (unpaired) electrons. The van der Waals surface area contributed by atoms with Gasteiger partial charge in [0.15, 0.2) is 5.60 Å². The van der Waals surface area contributed by atoms with Gasteiger partial charge < -0.3 is 14.6 Å². The largest absolute Gasteiger partial charge is 0.497 e. The Hall–Kier alpha value is -1.55. The first-order valence-electron chi connectivity index (χ1n) is 6.94. The number of methoxy groups -OCH3 is 1. The van der Waals surface area contributed by atoms with Gasteiger partial charge >= 0.3 is 5.97 Å². The summed E-state index contributed by atoms with van der Waals surface area (Å²) in [4.78, 5) is 11.7. The normalized spacial score (nSPS) is 15.2. The number of hydrogen-bond donors (Lipinski definition) is 1. The Labute approximate surface area is 120 Å². The highest BCUT2D eigenvalue weighted by atomic mass is 16.5. The molecule has 0 aliphatic heterocycles. The van der Waals surface area contributed by atoms with Crippen LogP contribution in [0.25, 0.3) is 0 Å². The summed E-state index contributed by atoms with van der Waals surface area (Å²) in [7, 11) is 1.63. The predicted octanol–water partition coefficient (Wildman–Crippen LogP) is 2.58. The second-order valence-corrected chi connectivity index (χ2v) is 5.16. The van der Waals surface area contributed by atoms with E-state index in [1.165, 1.54) is 6.92 Å². The Balaban J connectivity index is 2.56. The molecule has 0 spiro atoms. The third-order valence-electron chi connectivity index (χ3n) is 3.67. The van der Waals surface area contributed by atoms with E-state index in [0.717, 1.165) is 17.7 Å². The summed E-state index contributed by atoms with van der Waals surface area (Å²) in [6.45, 7) is 5.39. The lowest BCUT2D eigenvalue weighted by Crippen LogP contribution is -2.43. The number of ether oxygens (including phenoxy) is 2. The minimum absolute atomic E-state index is 0.177. The van der Waals surface area contributed by atoms with Crippen molar-refractivity contribution in [1.29, 1.82) is 0 Å². The molecule has 1 aromatic carbocycles. The monoisotopic (exact) mass is 280 g/mol. The molecule has 4 nitrogen and oxygen atoms in total. The average Bonchev–Trinajstić information content (AvgIpc) is 2.45. The topological polar surface area (TPSA) is 55.8 Å². The van der Waals surface area contributed by atoms with Crippen molar-refractivity contribution in [3.63, 3.8) is 0 Å². The fourth-order valence-electron chi connectivity index (χ4n) is 1.93. The SMILES string of the molecule is CCOC(=O)C(C)(O)C(C)CCc1ccc(OC)cc1. The summed E-state index contributed by atoms with van der Waals surface area (Å²) in [6, 6.07) is 7.79. The first-order valence-corrected chi connectivity index (χ1v) is 6.94. The number of carbonyl (C=O) groups excluding carboxylic acids is 1. The molecule has 0 aliphatic carbocycles. The molecule has 0 aliphatic rings. The van der Waals surface area contributed by atoms with E-state index in [1.54, 1.807) is 14.0 Å². The van der Waals surface area contributed by atoms with Crippen molar-refractivity contribution >= 4 is 5.97 Å². The van der Waals surface area contributed by atoms with Crippen molar-refractivity contribution in [3.8, 4) is 5.75 Å². The van der Waals surface area contributed by atoms with Crippen molar-refractivity contribution in [2.24, 2.45) is 5.92 Å². The Morgan fingerprint density at radius 3 is 2.45 bits per heavy atom. The molecule has 0 heterocycles. The molecule has 0 saturated carbocycles.